The molecule has 0 saturated heterocycles. The Hall–Kier alpha value is -1.44. The van der Waals surface area contributed by atoms with Crippen molar-refractivity contribution in [2.24, 2.45) is 0 Å². The maximum Gasteiger partial charge on any atom is 0.254 e. The van der Waals surface area contributed by atoms with Gasteiger partial charge >= 0.3 is 0 Å². The predicted molar refractivity (Wildman–Crippen MR) is 72.8 cm³/mol. The molecular formula is C13H18N2O4S. The van der Waals surface area contributed by atoms with Gasteiger partial charge in [0.1, 0.15) is 0 Å². The van der Waals surface area contributed by atoms with Crippen LogP contribution in [0.15, 0.2) is 24.3 Å². The molecule has 0 amide bonds. The molecule has 0 spiro atoms. The lowest BCUT2D eigenvalue weighted by Gasteiger charge is -2.06. The monoisotopic (exact) mass is 298 g/mol. The van der Waals surface area contributed by atoms with Crippen LogP contribution in [0.1, 0.15) is 19.2 Å². The lowest BCUT2D eigenvalue weighted by molar-refractivity contribution is -0.678. The molecule has 7 heteroatoms. The van der Waals surface area contributed by atoms with E-state index < -0.39 is 10.4 Å². The van der Waals surface area contributed by atoms with Crippen LogP contribution in [0.25, 0.3) is 11.0 Å². The fraction of sp³-hybridized carbons (Fsp3) is 0.462. The second kappa shape index (κ2) is 5.90. The first-order valence-corrected chi connectivity index (χ1v) is 7.85. The topological polar surface area (TPSA) is 75.2 Å². The fourth-order valence-corrected chi connectivity index (χ4v) is 2.80. The largest absolute Gasteiger partial charge is 0.726 e. The van der Waals surface area contributed by atoms with Crippen molar-refractivity contribution in [1.29, 1.82) is 0 Å². The van der Waals surface area contributed by atoms with Gasteiger partial charge in [0.15, 0.2) is 11.0 Å². The Morgan fingerprint density at radius 3 is 2.70 bits per heavy atom. The van der Waals surface area contributed by atoms with E-state index in [-0.39, 0.29) is 6.61 Å². The summed E-state index contributed by atoms with van der Waals surface area (Å²) in [6.45, 7) is 5.48. The summed E-state index contributed by atoms with van der Waals surface area (Å²) in [7, 11) is -4.60. The van der Waals surface area contributed by atoms with Crippen LogP contribution in [-0.4, -0.2) is 24.1 Å². The molecule has 0 radical (unpaired) electrons. The van der Waals surface area contributed by atoms with Gasteiger partial charge in [-0.2, -0.15) is 0 Å². The van der Waals surface area contributed by atoms with Gasteiger partial charge in [-0.25, -0.2) is 17.6 Å². The van der Waals surface area contributed by atoms with Crippen molar-refractivity contribution < 1.29 is 21.7 Å². The van der Waals surface area contributed by atoms with Crippen LogP contribution in [-0.2, 0) is 27.7 Å². The van der Waals surface area contributed by atoms with Gasteiger partial charge in [-0.05, 0) is 19.1 Å². The van der Waals surface area contributed by atoms with Crippen molar-refractivity contribution in [3.05, 3.63) is 30.1 Å². The molecule has 20 heavy (non-hydrogen) atoms. The Kier molecular flexibility index (Phi) is 4.42. The minimum absolute atomic E-state index is 0.0933. The van der Waals surface area contributed by atoms with E-state index in [1.54, 1.807) is 0 Å². The number of aromatic nitrogens is 2. The molecule has 1 aromatic heterocycles. The Bertz CT molecular complexity index is 706. The van der Waals surface area contributed by atoms with E-state index in [1.165, 1.54) is 0 Å². The predicted octanol–water partition coefficient (Wildman–Crippen LogP) is 1.12. The van der Waals surface area contributed by atoms with Gasteiger partial charge in [0, 0.05) is 13.3 Å². The van der Waals surface area contributed by atoms with E-state index in [9.17, 15) is 13.0 Å². The molecule has 0 saturated carbocycles. The highest BCUT2D eigenvalue weighted by Crippen LogP contribution is 2.14. The number of rotatable bonds is 6. The standard InChI is InChI=1S/C13H18N2O4S/c1-3-14-11(2)15(9-6-10-19-20(16,17)18)13-8-5-4-7-12(13)14/h4-5,7-8H,3,6,9-10H2,1-2H3. The van der Waals surface area contributed by atoms with E-state index in [1.807, 2.05) is 25.1 Å². The number of imidazole rings is 1. The summed E-state index contributed by atoms with van der Waals surface area (Å²) in [5, 5.41) is 0. The highest BCUT2D eigenvalue weighted by Gasteiger charge is 2.19. The quantitative estimate of drug-likeness (QED) is 0.347. The van der Waals surface area contributed by atoms with Gasteiger partial charge in [-0.3, -0.25) is 4.18 Å². The van der Waals surface area contributed by atoms with Crippen LogP contribution >= 0.6 is 0 Å². The zero-order valence-electron chi connectivity index (χ0n) is 11.6. The second-order valence-corrected chi connectivity index (χ2v) is 5.57. The Labute approximate surface area is 118 Å². The molecule has 6 nitrogen and oxygen atoms in total. The number of aryl methyl sites for hydroxylation is 2. The van der Waals surface area contributed by atoms with Gasteiger partial charge in [0.25, 0.3) is 5.82 Å². The number of para-hydroxylation sites is 2. The lowest BCUT2D eigenvalue weighted by atomic mass is 10.3. The molecule has 0 bridgehead atoms. The molecule has 2 rings (SSSR count). The molecule has 0 aliphatic heterocycles. The Morgan fingerprint density at radius 1 is 1.35 bits per heavy atom. The summed E-state index contributed by atoms with van der Waals surface area (Å²) in [5.41, 5.74) is 2.24. The first kappa shape index (κ1) is 15.0. The van der Waals surface area contributed by atoms with Crippen LogP contribution in [0.3, 0.4) is 0 Å². The minimum atomic E-state index is -4.60. The van der Waals surface area contributed by atoms with Crippen molar-refractivity contribution in [1.82, 2.24) is 4.57 Å². The number of nitrogens with zero attached hydrogens (tertiary/aromatic N) is 2. The molecule has 0 fully saturated rings. The molecular weight excluding hydrogens is 280 g/mol. The first-order chi connectivity index (χ1) is 9.44. The van der Waals surface area contributed by atoms with Crippen LogP contribution < -0.4 is 4.57 Å². The zero-order chi connectivity index (χ0) is 14.8. The van der Waals surface area contributed by atoms with Crippen LogP contribution in [0.5, 0.6) is 0 Å². The Balaban J connectivity index is 2.20. The summed E-state index contributed by atoms with van der Waals surface area (Å²) in [6, 6.07) is 8.04. The second-order valence-electron chi connectivity index (χ2n) is 4.52. The average Bonchev–Trinajstić information content (AvgIpc) is 2.65. The van der Waals surface area contributed by atoms with Gasteiger partial charge in [0.2, 0.25) is 10.4 Å². The normalized spacial score (nSPS) is 12.2. The highest BCUT2D eigenvalue weighted by atomic mass is 32.3. The summed E-state index contributed by atoms with van der Waals surface area (Å²) in [4.78, 5) is 0. The summed E-state index contributed by atoms with van der Waals surface area (Å²) in [5.74, 6) is 1.10. The minimum Gasteiger partial charge on any atom is -0.726 e. The van der Waals surface area contributed by atoms with Gasteiger partial charge < -0.3 is 4.55 Å². The lowest BCUT2D eigenvalue weighted by Crippen LogP contribution is -2.37. The molecule has 0 N–H and O–H groups in total. The third-order valence-electron chi connectivity index (χ3n) is 3.31. The molecule has 0 aliphatic rings. The number of benzene rings is 1. The van der Waals surface area contributed by atoms with Crippen molar-refractivity contribution in [3.8, 4) is 0 Å². The SMILES string of the molecule is CCn1c(C)[n+](CCCOS(=O)(=O)[O-])c2ccccc21. The van der Waals surface area contributed by atoms with Gasteiger partial charge in [-0.1, -0.05) is 12.1 Å². The summed E-state index contributed by atoms with van der Waals surface area (Å²) < 4.78 is 39.7. The maximum atomic E-state index is 10.4. The molecule has 0 atom stereocenters. The molecule has 1 heterocycles. The molecule has 1 aromatic carbocycles. The molecule has 0 aliphatic carbocycles. The summed E-state index contributed by atoms with van der Waals surface area (Å²) >= 11 is 0. The van der Waals surface area contributed by atoms with E-state index >= 15 is 0 Å². The van der Waals surface area contributed by atoms with Crippen LogP contribution in [0.2, 0.25) is 0 Å². The summed E-state index contributed by atoms with van der Waals surface area (Å²) in [6.07, 6.45) is 0.463. The molecule has 110 valence electrons. The maximum absolute atomic E-state index is 10.4. The number of hydrogen-bond acceptors (Lipinski definition) is 4. The van der Waals surface area contributed by atoms with Gasteiger partial charge in [0.05, 0.1) is 19.7 Å². The molecule has 2 aromatic rings. The van der Waals surface area contributed by atoms with Crippen LogP contribution in [0, 0.1) is 6.92 Å². The smallest absolute Gasteiger partial charge is 0.254 e. The zero-order valence-corrected chi connectivity index (χ0v) is 12.4. The van der Waals surface area contributed by atoms with Crippen molar-refractivity contribution >= 4 is 21.4 Å². The first-order valence-electron chi connectivity index (χ1n) is 6.52. The fourth-order valence-electron chi connectivity index (χ4n) is 2.48. The van der Waals surface area contributed by atoms with E-state index in [0.717, 1.165) is 23.4 Å². The number of hydrogen-bond donors (Lipinski definition) is 0. The van der Waals surface area contributed by atoms with Crippen molar-refractivity contribution in [2.45, 2.75) is 33.4 Å². The van der Waals surface area contributed by atoms with E-state index in [2.05, 4.69) is 26.3 Å². The van der Waals surface area contributed by atoms with Crippen molar-refractivity contribution in [2.75, 3.05) is 6.61 Å². The van der Waals surface area contributed by atoms with E-state index in [0.29, 0.717) is 13.0 Å². The molecule has 0 unspecified atom stereocenters. The third kappa shape index (κ3) is 3.17. The Morgan fingerprint density at radius 2 is 2.05 bits per heavy atom. The third-order valence-corrected chi connectivity index (χ3v) is 3.77. The van der Waals surface area contributed by atoms with E-state index in [4.69, 9.17) is 0 Å². The number of fused-ring (bicyclic) bond motifs is 1. The van der Waals surface area contributed by atoms with Crippen molar-refractivity contribution in [3.63, 3.8) is 0 Å². The van der Waals surface area contributed by atoms with Gasteiger partial charge in [-0.15, -0.1) is 0 Å². The average molecular weight is 298 g/mol. The van der Waals surface area contributed by atoms with Crippen LogP contribution in [0.4, 0.5) is 0 Å². The highest BCUT2D eigenvalue weighted by molar-refractivity contribution is 7.80.